The highest BCUT2D eigenvalue weighted by Gasteiger charge is 2.57. The minimum absolute atomic E-state index is 0.0256. The first-order chi connectivity index (χ1) is 34.4. The zero-order valence-electron chi connectivity index (χ0n) is 39.2. The molecule has 3 aliphatic rings. The summed E-state index contributed by atoms with van der Waals surface area (Å²) < 4.78 is 73.3. The molecule has 380 valence electrons. The van der Waals surface area contributed by atoms with E-state index in [2.05, 4.69) is 30.1 Å². The number of hydrogen-bond acceptors (Lipinski definition) is 19. The van der Waals surface area contributed by atoms with E-state index in [1.54, 1.807) is 12.1 Å². The lowest BCUT2D eigenvalue weighted by Crippen LogP contribution is -2.67. The molecule has 3 saturated heterocycles. The normalized spacial score (nSPS) is 30.3. The highest BCUT2D eigenvalue weighted by Crippen LogP contribution is 2.38. The van der Waals surface area contributed by atoms with Crippen molar-refractivity contribution in [2.24, 2.45) is 15.3 Å². The fraction of sp³-hybridized carbons (Fsp3) is 0.543. The Morgan fingerprint density at radius 1 is 0.507 bits per heavy atom. The van der Waals surface area contributed by atoms with Gasteiger partial charge in [-0.1, -0.05) is 106 Å². The van der Waals surface area contributed by atoms with Crippen LogP contribution in [-0.2, 0) is 91.0 Å². The van der Waals surface area contributed by atoms with E-state index in [1.807, 2.05) is 78.9 Å². The highest BCUT2D eigenvalue weighted by molar-refractivity contribution is 5.67. The van der Waals surface area contributed by atoms with Gasteiger partial charge in [-0.25, -0.2) is 0 Å². The lowest BCUT2D eigenvalue weighted by Gasteiger charge is -2.50. The molecule has 0 aliphatic carbocycles. The third-order valence-electron chi connectivity index (χ3n) is 11.3. The van der Waals surface area contributed by atoms with Crippen LogP contribution in [0.5, 0.6) is 0 Å². The maximum atomic E-state index is 13.1. The summed E-state index contributed by atoms with van der Waals surface area (Å²) in [6.07, 6.45) is -17.8. The second kappa shape index (κ2) is 27.3. The lowest BCUT2D eigenvalue weighted by atomic mass is 9.94. The zero-order chi connectivity index (χ0) is 50.7. The predicted octanol–water partition coefficient (Wildman–Crippen LogP) is 5.42. The number of hydrogen-bond donors (Lipinski definition) is 1. The molecule has 71 heavy (non-hydrogen) atoms. The van der Waals surface area contributed by atoms with Gasteiger partial charge in [0, 0.05) is 42.6 Å². The Bertz CT molecular complexity index is 2330. The first-order valence-corrected chi connectivity index (χ1v) is 22.4. The van der Waals surface area contributed by atoms with Crippen molar-refractivity contribution in [1.29, 1.82) is 0 Å². The molecular weight excluding hydrogens is 935 g/mol. The Balaban J connectivity index is 1.39. The fourth-order valence-corrected chi connectivity index (χ4v) is 8.28. The molecule has 25 heteroatoms. The summed E-state index contributed by atoms with van der Waals surface area (Å²) in [6.45, 7) is 2.67. The molecule has 0 radical (unpaired) electrons. The van der Waals surface area contributed by atoms with Gasteiger partial charge in [0.15, 0.2) is 18.9 Å². The van der Waals surface area contributed by atoms with Crippen molar-refractivity contribution in [2.45, 2.75) is 133 Å². The standard InChI is InChI=1S/C46H55N9O16/c1-26(56)64-41-35(50-53-47)45(67-32(38(41)59)23-61-20-29-14-8-5-9-15-29)70-40-34(25-63-22-31-18-12-7-13-19-31)69-46(37(52-55-49)43(40)66-28(3)58)71-39-33(24-62-21-30-16-10-6-11-17-30)68-44(60-4)36(51-54-48)42(39)65-27(2)57/h5-19,32-46,59H,20-25H2,1-4H3/t32-,33-,34-,35-,36-,37-,38+,39+,40+,41-,42-,43-,44+,45-,46-/m1/s1. The largest absolute Gasteiger partial charge is 0.459 e. The Kier molecular flexibility index (Phi) is 20.7. The first-order valence-electron chi connectivity index (χ1n) is 22.4. The Hall–Kier alpha value is -6.40. The van der Waals surface area contributed by atoms with Crippen LogP contribution in [0.15, 0.2) is 106 Å². The van der Waals surface area contributed by atoms with Crippen LogP contribution in [0, 0.1) is 0 Å². The molecule has 0 bridgehead atoms. The van der Waals surface area contributed by atoms with E-state index in [1.165, 1.54) is 7.11 Å². The molecule has 3 aromatic carbocycles. The molecular formula is C46H55N9O16. The molecule has 25 nitrogen and oxygen atoms in total. The number of nitrogens with zero attached hydrogens (tertiary/aromatic N) is 9. The SMILES string of the molecule is CO[C@H]1O[C@H](COCc2ccccc2)[C@H](O[C@H]2O[C@H](COCc3ccccc3)[C@H](O[C@H]3O[C@H](COCc4ccccc4)[C@H](O)[C@H](OC(C)=O)[C@H]3N=[N+]=[N-])[C@H](OC(C)=O)[C@H]2N=[N+]=[N-])[C@H](OC(C)=O)[C@H]1N=[N+]=[N-]. The van der Waals surface area contributed by atoms with Crippen molar-refractivity contribution in [1.82, 2.24) is 0 Å². The third-order valence-corrected chi connectivity index (χ3v) is 11.3. The number of rotatable bonds is 23. The first kappa shape index (κ1) is 53.9. The molecule has 3 aliphatic heterocycles. The van der Waals surface area contributed by atoms with Crippen molar-refractivity contribution < 1.29 is 76.3 Å². The van der Waals surface area contributed by atoms with Gasteiger partial charge in [-0.05, 0) is 33.3 Å². The number of aliphatic hydroxyl groups is 1. The average Bonchev–Trinajstić information content (AvgIpc) is 3.35. The quantitative estimate of drug-likeness (QED) is 0.0407. The Labute approximate surface area is 407 Å². The minimum Gasteiger partial charge on any atom is -0.459 e. The highest BCUT2D eigenvalue weighted by atomic mass is 16.8. The number of carbonyl (C=O) groups is 3. The van der Waals surface area contributed by atoms with E-state index in [9.17, 15) is 36.1 Å². The van der Waals surface area contributed by atoms with Gasteiger partial charge in [-0.15, -0.1) is 0 Å². The van der Waals surface area contributed by atoms with Crippen molar-refractivity contribution in [3.05, 3.63) is 139 Å². The van der Waals surface area contributed by atoms with Crippen LogP contribution in [0.25, 0.3) is 31.3 Å². The van der Waals surface area contributed by atoms with Gasteiger partial charge < -0.3 is 61.9 Å². The fourth-order valence-electron chi connectivity index (χ4n) is 8.28. The number of ether oxygens (including phenoxy) is 12. The van der Waals surface area contributed by atoms with Crippen LogP contribution >= 0.6 is 0 Å². The van der Waals surface area contributed by atoms with Crippen LogP contribution in [0.4, 0.5) is 0 Å². The van der Waals surface area contributed by atoms with Gasteiger partial charge >= 0.3 is 17.9 Å². The molecule has 0 unspecified atom stereocenters. The van der Waals surface area contributed by atoms with Crippen molar-refractivity contribution >= 4 is 17.9 Å². The Morgan fingerprint density at radius 3 is 1.20 bits per heavy atom. The van der Waals surface area contributed by atoms with E-state index in [0.717, 1.165) is 37.5 Å². The lowest BCUT2D eigenvalue weighted by molar-refractivity contribution is -0.351. The maximum Gasteiger partial charge on any atom is 0.303 e. The molecule has 3 aromatic rings. The minimum atomic E-state index is -1.73. The van der Waals surface area contributed by atoms with Crippen molar-refractivity contribution in [3.63, 3.8) is 0 Å². The second-order valence-corrected chi connectivity index (χ2v) is 16.4. The van der Waals surface area contributed by atoms with Gasteiger partial charge in [-0.3, -0.25) is 14.4 Å². The molecule has 0 aromatic heterocycles. The van der Waals surface area contributed by atoms with Gasteiger partial charge in [0.2, 0.25) is 0 Å². The third kappa shape index (κ3) is 15.1. The average molecular weight is 990 g/mol. The monoisotopic (exact) mass is 989 g/mol. The van der Waals surface area contributed by atoms with Crippen molar-refractivity contribution in [2.75, 3.05) is 26.9 Å². The van der Waals surface area contributed by atoms with Crippen LogP contribution in [0.3, 0.4) is 0 Å². The van der Waals surface area contributed by atoms with Gasteiger partial charge in [0.25, 0.3) is 0 Å². The molecule has 6 rings (SSSR count). The molecule has 0 saturated carbocycles. The van der Waals surface area contributed by atoms with E-state index in [4.69, 9.17) is 56.8 Å². The molecule has 0 spiro atoms. The van der Waals surface area contributed by atoms with Crippen LogP contribution in [0.2, 0.25) is 0 Å². The molecule has 15 atom stereocenters. The van der Waals surface area contributed by atoms with Crippen LogP contribution in [-0.4, -0.2) is 142 Å². The van der Waals surface area contributed by atoms with Gasteiger partial charge in [0.1, 0.15) is 73.1 Å². The van der Waals surface area contributed by atoms with Crippen molar-refractivity contribution in [3.8, 4) is 0 Å². The van der Waals surface area contributed by atoms with Crippen LogP contribution < -0.4 is 0 Å². The zero-order valence-corrected chi connectivity index (χ0v) is 39.2. The number of esters is 3. The summed E-state index contributed by atoms with van der Waals surface area (Å²) in [6, 6.07) is 22.7. The molecule has 1 N–H and O–H groups in total. The van der Waals surface area contributed by atoms with E-state index >= 15 is 0 Å². The topological polar surface area (TPSA) is 328 Å². The summed E-state index contributed by atoms with van der Waals surface area (Å²) in [7, 11) is 1.29. The smallest absolute Gasteiger partial charge is 0.303 e. The summed E-state index contributed by atoms with van der Waals surface area (Å²) in [4.78, 5) is 47.3. The number of azide groups is 3. The van der Waals surface area contributed by atoms with Crippen LogP contribution in [0.1, 0.15) is 37.5 Å². The van der Waals surface area contributed by atoms with Gasteiger partial charge in [-0.2, -0.15) is 0 Å². The predicted molar refractivity (Wildman–Crippen MR) is 243 cm³/mol. The number of aliphatic hydroxyl groups excluding tert-OH is 1. The van der Waals surface area contributed by atoms with Gasteiger partial charge in [0.05, 0.1) is 39.6 Å². The maximum absolute atomic E-state index is 13.1. The molecule has 3 heterocycles. The number of carbonyl (C=O) groups excluding carboxylic acids is 3. The summed E-state index contributed by atoms with van der Waals surface area (Å²) >= 11 is 0. The van der Waals surface area contributed by atoms with E-state index in [-0.39, 0.29) is 39.6 Å². The summed E-state index contributed by atoms with van der Waals surface area (Å²) in [5.74, 6) is -2.53. The number of benzene rings is 3. The molecule has 0 amide bonds. The summed E-state index contributed by atoms with van der Waals surface area (Å²) in [5, 5.41) is 23.2. The second-order valence-electron chi connectivity index (χ2n) is 16.4. The molecule has 3 fully saturated rings. The van der Waals surface area contributed by atoms with E-state index in [0.29, 0.717) is 0 Å². The Morgan fingerprint density at radius 2 is 0.831 bits per heavy atom. The summed E-state index contributed by atoms with van der Waals surface area (Å²) in [5.41, 5.74) is 31.9. The van der Waals surface area contributed by atoms with E-state index < -0.39 is 110 Å². The number of methoxy groups -OCH3 is 1.